The fourth-order valence-electron chi connectivity index (χ4n) is 2.19. The molecule has 0 amide bonds. The zero-order chi connectivity index (χ0) is 11.1. The minimum atomic E-state index is 0.721. The molecule has 1 aliphatic heterocycles. The number of rotatable bonds is 6. The third-order valence-corrected chi connectivity index (χ3v) is 3.36. The van der Waals surface area contributed by atoms with Crippen molar-refractivity contribution in [3.05, 3.63) is 6.92 Å². The highest BCUT2D eigenvalue weighted by Gasteiger charge is 2.17. The zero-order valence-electron chi connectivity index (χ0n) is 10.5. The number of unbranched alkanes of at least 4 members (excludes halogenated alkanes) is 3. The summed E-state index contributed by atoms with van der Waals surface area (Å²) in [5.41, 5.74) is 0. The van der Waals surface area contributed by atoms with Crippen molar-refractivity contribution in [2.75, 3.05) is 32.7 Å². The highest BCUT2D eigenvalue weighted by molar-refractivity contribution is 4.73. The molecule has 2 heteroatoms. The maximum atomic E-state index is 3.88. The van der Waals surface area contributed by atoms with E-state index < -0.39 is 0 Å². The third kappa shape index (κ3) is 4.98. The minimum absolute atomic E-state index is 0.721. The van der Waals surface area contributed by atoms with Gasteiger partial charge in [0.25, 0.3) is 0 Å². The van der Waals surface area contributed by atoms with Gasteiger partial charge in [-0.1, -0.05) is 26.2 Å². The predicted octanol–water partition coefficient (Wildman–Crippen LogP) is 2.41. The van der Waals surface area contributed by atoms with Crippen LogP contribution in [-0.2, 0) is 0 Å². The summed E-state index contributed by atoms with van der Waals surface area (Å²) in [5, 5.41) is 0. The van der Waals surface area contributed by atoms with Crippen LogP contribution >= 0.6 is 0 Å². The van der Waals surface area contributed by atoms with Gasteiger partial charge < -0.3 is 4.90 Å². The molecule has 1 fully saturated rings. The smallest absolute Gasteiger partial charge is 0.0113 e. The summed E-state index contributed by atoms with van der Waals surface area (Å²) in [6, 6.07) is 0.721. The molecule has 0 spiro atoms. The Kier molecular flexibility index (Phi) is 6.26. The van der Waals surface area contributed by atoms with Gasteiger partial charge in [-0.25, -0.2) is 0 Å². The molecule has 0 aliphatic carbocycles. The maximum absolute atomic E-state index is 3.88. The van der Waals surface area contributed by atoms with Crippen molar-refractivity contribution in [3.8, 4) is 0 Å². The lowest BCUT2D eigenvalue weighted by Gasteiger charge is -2.36. The molecule has 0 aromatic heterocycles. The summed E-state index contributed by atoms with van der Waals surface area (Å²) < 4.78 is 0. The first-order valence-corrected chi connectivity index (χ1v) is 6.49. The van der Waals surface area contributed by atoms with E-state index in [1.54, 1.807) is 0 Å². The van der Waals surface area contributed by atoms with Crippen LogP contribution in [0.3, 0.4) is 0 Å². The van der Waals surface area contributed by atoms with Crippen LogP contribution in [0.15, 0.2) is 0 Å². The molecule has 2 nitrogen and oxygen atoms in total. The van der Waals surface area contributed by atoms with Gasteiger partial charge in [0.05, 0.1) is 0 Å². The molecular weight excluding hydrogens is 184 g/mol. The molecule has 0 N–H and O–H groups in total. The summed E-state index contributed by atoms with van der Waals surface area (Å²) in [5.74, 6) is 0. The van der Waals surface area contributed by atoms with Crippen LogP contribution in [0.2, 0.25) is 0 Å². The summed E-state index contributed by atoms with van der Waals surface area (Å²) in [4.78, 5) is 5.19. The van der Waals surface area contributed by atoms with Crippen LogP contribution in [0.25, 0.3) is 0 Å². The van der Waals surface area contributed by atoms with E-state index in [4.69, 9.17) is 0 Å². The van der Waals surface area contributed by atoms with Crippen LogP contribution in [0.1, 0.15) is 39.5 Å². The number of piperazine rings is 1. The van der Waals surface area contributed by atoms with Crippen LogP contribution in [-0.4, -0.2) is 48.6 Å². The van der Waals surface area contributed by atoms with Gasteiger partial charge in [-0.2, -0.15) is 0 Å². The fraction of sp³-hybridized carbons (Fsp3) is 0.923. The Labute approximate surface area is 95.6 Å². The standard InChI is InChI=1S/C13H27N2/c1-4-5-6-7-8-14-9-11-15(12-10-14)13(2)3/h13H,1,4-12H2,2-3H3. The van der Waals surface area contributed by atoms with Crippen molar-refractivity contribution in [2.24, 2.45) is 0 Å². The van der Waals surface area contributed by atoms with Crippen LogP contribution in [0, 0.1) is 6.92 Å². The molecule has 1 heterocycles. The Hall–Kier alpha value is -0.0800. The Morgan fingerprint density at radius 3 is 2.20 bits per heavy atom. The molecule has 1 radical (unpaired) electrons. The zero-order valence-corrected chi connectivity index (χ0v) is 10.5. The topological polar surface area (TPSA) is 6.48 Å². The lowest BCUT2D eigenvalue weighted by molar-refractivity contribution is 0.107. The molecule has 0 aromatic rings. The van der Waals surface area contributed by atoms with Gasteiger partial charge in [0, 0.05) is 32.2 Å². The molecule has 15 heavy (non-hydrogen) atoms. The summed E-state index contributed by atoms with van der Waals surface area (Å²) >= 11 is 0. The average molecular weight is 211 g/mol. The van der Waals surface area contributed by atoms with Gasteiger partial charge in [0.1, 0.15) is 0 Å². The first-order valence-electron chi connectivity index (χ1n) is 6.49. The average Bonchev–Trinajstić information content (AvgIpc) is 2.25. The Morgan fingerprint density at radius 1 is 1.00 bits per heavy atom. The van der Waals surface area contributed by atoms with Gasteiger partial charge in [-0.15, -0.1) is 0 Å². The molecule has 89 valence electrons. The molecular formula is C13H27N2. The second-order valence-electron chi connectivity index (χ2n) is 4.89. The summed E-state index contributed by atoms with van der Waals surface area (Å²) in [6.07, 6.45) is 5.11. The van der Waals surface area contributed by atoms with Gasteiger partial charge in [0.2, 0.25) is 0 Å². The van der Waals surface area contributed by atoms with Gasteiger partial charge in [0.15, 0.2) is 0 Å². The Morgan fingerprint density at radius 2 is 1.67 bits per heavy atom. The first-order chi connectivity index (χ1) is 7.24. The van der Waals surface area contributed by atoms with E-state index in [-0.39, 0.29) is 0 Å². The van der Waals surface area contributed by atoms with Crippen molar-refractivity contribution >= 4 is 0 Å². The quantitative estimate of drug-likeness (QED) is 0.623. The normalized spacial score (nSPS) is 20.0. The van der Waals surface area contributed by atoms with E-state index in [1.165, 1.54) is 52.0 Å². The number of hydrogen-bond acceptors (Lipinski definition) is 2. The minimum Gasteiger partial charge on any atom is -0.301 e. The summed E-state index contributed by atoms with van der Waals surface area (Å²) in [7, 11) is 0. The largest absolute Gasteiger partial charge is 0.301 e. The fourth-order valence-corrected chi connectivity index (χ4v) is 2.19. The first kappa shape index (κ1) is 13.0. The SMILES string of the molecule is [CH2]CCCCCN1CCN(C(C)C)CC1. The van der Waals surface area contributed by atoms with Crippen molar-refractivity contribution < 1.29 is 0 Å². The molecule has 0 bridgehead atoms. The van der Waals surface area contributed by atoms with Gasteiger partial charge in [-0.05, 0) is 26.8 Å². The van der Waals surface area contributed by atoms with Crippen molar-refractivity contribution in [2.45, 2.75) is 45.6 Å². The highest BCUT2D eigenvalue weighted by atomic mass is 15.3. The Balaban J connectivity index is 2.04. The molecule has 0 aromatic carbocycles. The second-order valence-corrected chi connectivity index (χ2v) is 4.89. The van der Waals surface area contributed by atoms with E-state index in [2.05, 4.69) is 30.6 Å². The van der Waals surface area contributed by atoms with E-state index in [0.29, 0.717) is 0 Å². The third-order valence-electron chi connectivity index (χ3n) is 3.36. The van der Waals surface area contributed by atoms with Crippen LogP contribution in [0.5, 0.6) is 0 Å². The second kappa shape index (κ2) is 7.24. The molecule has 1 saturated heterocycles. The van der Waals surface area contributed by atoms with E-state index >= 15 is 0 Å². The van der Waals surface area contributed by atoms with Gasteiger partial charge in [-0.3, -0.25) is 4.90 Å². The molecule has 1 rings (SSSR count). The summed E-state index contributed by atoms with van der Waals surface area (Å²) in [6.45, 7) is 14.8. The monoisotopic (exact) mass is 211 g/mol. The van der Waals surface area contributed by atoms with Gasteiger partial charge >= 0.3 is 0 Å². The molecule has 1 aliphatic rings. The van der Waals surface area contributed by atoms with Crippen molar-refractivity contribution in [3.63, 3.8) is 0 Å². The highest BCUT2D eigenvalue weighted by Crippen LogP contribution is 2.07. The lowest BCUT2D eigenvalue weighted by Crippen LogP contribution is -2.48. The maximum Gasteiger partial charge on any atom is 0.0113 e. The predicted molar refractivity (Wildman–Crippen MR) is 67.0 cm³/mol. The van der Waals surface area contributed by atoms with Crippen molar-refractivity contribution in [1.29, 1.82) is 0 Å². The van der Waals surface area contributed by atoms with E-state index in [9.17, 15) is 0 Å². The molecule has 0 saturated carbocycles. The number of hydrogen-bond donors (Lipinski definition) is 0. The van der Waals surface area contributed by atoms with E-state index in [1.807, 2.05) is 0 Å². The Bertz CT molecular complexity index is 149. The van der Waals surface area contributed by atoms with Crippen LogP contribution in [0.4, 0.5) is 0 Å². The van der Waals surface area contributed by atoms with E-state index in [0.717, 1.165) is 12.5 Å². The van der Waals surface area contributed by atoms with Crippen LogP contribution < -0.4 is 0 Å². The van der Waals surface area contributed by atoms with Crippen molar-refractivity contribution in [1.82, 2.24) is 9.80 Å². The molecule has 0 atom stereocenters. The number of nitrogens with zero attached hydrogens (tertiary/aromatic N) is 2. The molecule has 0 unspecified atom stereocenters. The lowest BCUT2D eigenvalue weighted by atomic mass is 10.2.